The molecule has 2 aromatic carbocycles. The Morgan fingerprint density at radius 1 is 1.12 bits per heavy atom. The second-order valence-electron chi connectivity index (χ2n) is 7.39. The van der Waals surface area contributed by atoms with Crippen LogP contribution in [-0.2, 0) is 15.9 Å². The molecule has 0 aliphatic carbocycles. The van der Waals surface area contributed by atoms with Crippen LogP contribution < -0.4 is 5.32 Å². The van der Waals surface area contributed by atoms with E-state index in [1.165, 1.54) is 11.1 Å². The number of hydrogen-bond acceptors (Lipinski definition) is 3. The van der Waals surface area contributed by atoms with Crippen LogP contribution in [0.5, 0.6) is 0 Å². The van der Waals surface area contributed by atoms with Gasteiger partial charge in [0.1, 0.15) is 11.7 Å². The van der Waals surface area contributed by atoms with Gasteiger partial charge in [0.2, 0.25) is 0 Å². The smallest absolute Gasteiger partial charge is 0.407 e. The van der Waals surface area contributed by atoms with Crippen molar-refractivity contribution in [1.29, 1.82) is 0 Å². The third-order valence-electron chi connectivity index (χ3n) is 4.03. The minimum atomic E-state index is -0.504. The molecule has 1 unspecified atom stereocenters. The summed E-state index contributed by atoms with van der Waals surface area (Å²) in [6, 6.07) is 18.6. The Balaban J connectivity index is 1.63. The van der Waals surface area contributed by atoms with Crippen LogP contribution in [0.3, 0.4) is 0 Å². The molecule has 1 aliphatic rings. The lowest BCUT2D eigenvalue weighted by atomic mass is 9.99. The summed E-state index contributed by atoms with van der Waals surface area (Å²) in [5, 5.41) is 2.94. The molecule has 1 N–H and O–H groups in total. The fraction of sp³-hybridized carbons (Fsp3) is 0.381. The highest BCUT2D eigenvalue weighted by Crippen LogP contribution is 2.22. The highest BCUT2D eigenvalue weighted by Gasteiger charge is 2.34. The lowest BCUT2D eigenvalue weighted by molar-refractivity contribution is 0.0495. The maximum absolute atomic E-state index is 12.0. The van der Waals surface area contributed by atoms with Crippen molar-refractivity contribution in [2.45, 2.75) is 44.9 Å². The molecular weight excluding hydrogens is 314 g/mol. The SMILES string of the molecule is CC(C)(C)OC(=O)N[C@H](Cc1ccc(-c2ccccc2)cc1)C1CO1. The Labute approximate surface area is 149 Å². The molecule has 1 heterocycles. The van der Waals surface area contributed by atoms with Gasteiger partial charge in [0.25, 0.3) is 0 Å². The molecule has 1 fully saturated rings. The number of ether oxygens (including phenoxy) is 2. The van der Waals surface area contributed by atoms with Crippen molar-refractivity contribution in [2.75, 3.05) is 6.61 Å². The zero-order chi connectivity index (χ0) is 17.9. The normalized spacial score (nSPS) is 17.6. The van der Waals surface area contributed by atoms with Gasteiger partial charge in [-0.1, -0.05) is 54.6 Å². The number of rotatable bonds is 5. The van der Waals surface area contributed by atoms with E-state index in [0.717, 1.165) is 12.0 Å². The molecular formula is C21H25NO3. The highest BCUT2D eigenvalue weighted by molar-refractivity contribution is 5.68. The Bertz CT molecular complexity index is 700. The highest BCUT2D eigenvalue weighted by atomic mass is 16.6. The van der Waals surface area contributed by atoms with E-state index >= 15 is 0 Å². The number of benzene rings is 2. The molecule has 1 aliphatic heterocycles. The predicted molar refractivity (Wildman–Crippen MR) is 98.5 cm³/mol. The molecule has 0 aromatic heterocycles. The molecule has 0 bridgehead atoms. The molecule has 132 valence electrons. The van der Waals surface area contributed by atoms with Crippen LogP contribution in [0, 0.1) is 0 Å². The summed E-state index contributed by atoms with van der Waals surface area (Å²) < 4.78 is 10.8. The summed E-state index contributed by atoms with van der Waals surface area (Å²) >= 11 is 0. The number of carbonyl (C=O) groups excluding carboxylic acids is 1. The first-order chi connectivity index (χ1) is 11.9. The molecule has 3 rings (SSSR count). The van der Waals surface area contributed by atoms with E-state index in [1.807, 2.05) is 39.0 Å². The zero-order valence-corrected chi connectivity index (χ0v) is 15.0. The Morgan fingerprint density at radius 3 is 2.28 bits per heavy atom. The Hall–Kier alpha value is -2.33. The van der Waals surface area contributed by atoms with E-state index in [1.54, 1.807) is 0 Å². The molecule has 2 atom stereocenters. The monoisotopic (exact) mass is 339 g/mol. The summed E-state index contributed by atoms with van der Waals surface area (Å²) in [6.45, 7) is 6.26. The van der Waals surface area contributed by atoms with Crippen molar-refractivity contribution < 1.29 is 14.3 Å². The van der Waals surface area contributed by atoms with Gasteiger partial charge in [-0.15, -0.1) is 0 Å². The van der Waals surface area contributed by atoms with Gasteiger partial charge in [-0.25, -0.2) is 4.79 Å². The van der Waals surface area contributed by atoms with E-state index in [9.17, 15) is 4.79 Å². The van der Waals surface area contributed by atoms with Crippen molar-refractivity contribution in [3.8, 4) is 11.1 Å². The predicted octanol–water partition coefficient (Wildman–Crippen LogP) is 4.19. The molecule has 4 nitrogen and oxygen atoms in total. The van der Waals surface area contributed by atoms with Crippen LogP contribution in [0.4, 0.5) is 4.79 Å². The standard InChI is InChI=1S/C21H25NO3/c1-21(2,3)25-20(23)22-18(19-14-24-19)13-15-9-11-17(12-10-15)16-7-5-4-6-8-16/h4-12,18-19H,13-14H2,1-3H3,(H,22,23)/t18-,19?/m1/s1. The van der Waals surface area contributed by atoms with Crippen LogP contribution in [0.15, 0.2) is 54.6 Å². The molecule has 1 amide bonds. The average molecular weight is 339 g/mol. The van der Waals surface area contributed by atoms with Crippen LogP contribution >= 0.6 is 0 Å². The van der Waals surface area contributed by atoms with Crippen LogP contribution in [0.25, 0.3) is 11.1 Å². The van der Waals surface area contributed by atoms with E-state index in [2.05, 4.69) is 41.7 Å². The van der Waals surface area contributed by atoms with Gasteiger partial charge in [-0.2, -0.15) is 0 Å². The summed E-state index contributed by atoms with van der Waals surface area (Å²) in [5.41, 5.74) is 3.04. The zero-order valence-electron chi connectivity index (χ0n) is 15.0. The van der Waals surface area contributed by atoms with Gasteiger partial charge in [-0.3, -0.25) is 0 Å². The second kappa shape index (κ2) is 7.28. The first-order valence-electron chi connectivity index (χ1n) is 8.66. The average Bonchev–Trinajstić information content (AvgIpc) is 3.39. The fourth-order valence-corrected chi connectivity index (χ4v) is 2.74. The Morgan fingerprint density at radius 2 is 1.72 bits per heavy atom. The largest absolute Gasteiger partial charge is 0.444 e. The minimum Gasteiger partial charge on any atom is -0.444 e. The first kappa shape index (κ1) is 17.5. The number of carbonyl (C=O) groups is 1. The van der Waals surface area contributed by atoms with Crippen molar-refractivity contribution in [3.05, 3.63) is 60.2 Å². The summed E-state index contributed by atoms with van der Waals surface area (Å²) in [5.74, 6) is 0. The maximum atomic E-state index is 12.0. The minimum absolute atomic E-state index is 0.0707. The van der Waals surface area contributed by atoms with Crippen molar-refractivity contribution in [1.82, 2.24) is 5.32 Å². The Kier molecular flexibility index (Phi) is 5.09. The van der Waals surface area contributed by atoms with E-state index in [0.29, 0.717) is 6.61 Å². The molecule has 2 aromatic rings. The molecule has 0 saturated carbocycles. The van der Waals surface area contributed by atoms with Gasteiger partial charge in [0, 0.05) is 0 Å². The van der Waals surface area contributed by atoms with Crippen LogP contribution in [-0.4, -0.2) is 30.4 Å². The van der Waals surface area contributed by atoms with Crippen LogP contribution in [0.2, 0.25) is 0 Å². The number of alkyl carbamates (subject to hydrolysis) is 1. The van der Waals surface area contributed by atoms with E-state index < -0.39 is 11.7 Å². The first-order valence-corrected chi connectivity index (χ1v) is 8.66. The van der Waals surface area contributed by atoms with Gasteiger partial charge < -0.3 is 14.8 Å². The third kappa shape index (κ3) is 5.33. The second-order valence-corrected chi connectivity index (χ2v) is 7.39. The summed E-state index contributed by atoms with van der Waals surface area (Å²) in [4.78, 5) is 12.0. The molecule has 25 heavy (non-hydrogen) atoms. The van der Waals surface area contributed by atoms with Gasteiger partial charge >= 0.3 is 6.09 Å². The van der Waals surface area contributed by atoms with Gasteiger partial charge in [0.05, 0.1) is 12.6 Å². The van der Waals surface area contributed by atoms with E-state index in [4.69, 9.17) is 9.47 Å². The topological polar surface area (TPSA) is 50.9 Å². The van der Waals surface area contributed by atoms with Gasteiger partial charge in [0.15, 0.2) is 0 Å². The van der Waals surface area contributed by atoms with Crippen molar-refractivity contribution in [3.63, 3.8) is 0 Å². The number of nitrogens with one attached hydrogen (secondary N) is 1. The summed E-state index contributed by atoms with van der Waals surface area (Å²) in [6.07, 6.45) is 0.397. The van der Waals surface area contributed by atoms with Crippen LogP contribution in [0.1, 0.15) is 26.3 Å². The molecule has 4 heteroatoms. The maximum Gasteiger partial charge on any atom is 0.407 e. The van der Waals surface area contributed by atoms with Crippen molar-refractivity contribution >= 4 is 6.09 Å². The fourth-order valence-electron chi connectivity index (χ4n) is 2.74. The third-order valence-corrected chi connectivity index (χ3v) is 4.03. The van der Waals surface area contributed by atoms with E-state index in [-0.39, 0.29) is 12.1 Å². The number of hydrogen-bond donors (Lipinski definition) is 1. The number of epoxide rings is 1. The molecule has 1 saturated heterocycles. The molecule has 0 spiro atoms. The lowest BCUT2D eigenvalue weighted by Crippen LogP contribution is -2.43. The van der Waals surface area contributed by atoms with Gasteiger partial charge in [-0.05, 0) is 43.9 Å². The quantitative estimate of drug-likeness (QED) is 0.831. The lowest BCUT2D eigenvalue weighted by Gasteiger charge is -2.23. The van der Waals surface area contributed by atoms with Crippen molar-refractivity contribution in [2.24, 2.45) is 0 Å². The molecule has 0 radical (unpaired) electrons. The summed E-state index contributed by atoms with van der Waals surface area (Å²) in [7, 11) is 0. The number of amides is 1.